The van der Waals surface area contributed by atoms with E-state index in [-0.39, 0.29) is 17.9 Å². The molecule has 0 bridgehead atoms. The highest BCUT2D eigenvalue weighted by Gasteiger charge is 2.17. The quantitative estimate of drug-likeness (QED) is 0.535. The van der Waals surface area contributed by atoms with Gasteiger partial charge in [-0.2, -0.15) is 0 Å². The van der Waals surface area contributed by atoms with E-state index in [0.29, 0.717) is 23.9 Å². The van der Waals surface area contributed by atoms with Gasteiger partial charge in [0.15, 0.2) is 11.9 Å². The number of ether oxygens (including phenoxy) is 2. The van der Waals surface area contributed by atoms with Crippen LogP contribution in [0.15, 0.2) is 70.0 Å². The number of carbonyl (C=O) groups is 2. The minimum Gasteiger partial charge on any atom is -0.494 e. The Morgan fingerprint density at radius 1 is 1.03 bits per heavy atom. The predicted octanol–water partition coefficient (Wildman–Crippen LogP) is 2.12. The molecule has 2 heterocycles. The topological polar surface area (TPSA) is 112 Å². The SMILES string of the molecule is CCOc1ccc(OC(C)C(=O)NNC(=O)c2ccc(Cn3ccccc3=O)o2)cc1. The first-order valence-electron chi connectivity index (χ1n) is 9.70. The zero-order chi connectivity index (χ0) is 22.2. The molecule has 2 aromatic heterocycles. The fourth-order valence-electron chi connectivity index (χ4n) is 2.66. The van der Waals surface area contributed by atoms with E-state index in [4.69, 9.17) is 13.9 Å². The molecule has 9 heteroatoms. The summed E-state index contributed by atoms with van der Waals surface area (Å²) >= 11 is 0. The van der Waals surface area contributed by atoms with Crippen molar-refractivity contribution >= 4 is 11.8 Å². The summed E-state index contributed by atoms with van der Waals surface area (Å²) in [6, 6.07) is 14.7. The first-order chi connectivity index (χ1) is 15.0. The van der Waals surface area contributed by atoms with Gasteiger partial charge in [-0.1, -0.05) is 6.07 Å². The molecule has 2 N–H and O–H groups in total. The van der Waals surface area contributed by atoms with Crippen LogP contribution in [0.5, 0.6) is 11.5 Å². The number of pyridine rings is 1. The van der Waals surface area contributed by atoms with Crippen LogP contribution in [0.1, 0.15) is 30.2 Å². The van der Waals surface area contributed by atoms with Gasteiger partial charge in [-0.3, -0.25) is 25.2 Å². The van der Waals surface area contributed by atoms with Crippen molar-refractivity contribution in [3.8, 4) is 11.5 Å². The lowest BCUT2D eigenvalue weighted by Gasteiger charge is -2.15. The molecule has 1 unspecified atom stereocenters. The number of hydrogen-bond acceptors (Lipinski definition) is 6. The summed E-state index contributed by atoms with van der Waals surface area (Å²) in [7, 11) is 0. The van der Waals surface area contributed by atoms with Gasteiger partial charge >= 0.3 is 5.91 Å². The van der Waals surface area contributed by atoms with Crippen LogP contribution in [0.2, 0.25) is 0 Å². The largest absolute Gasteiger partial charge is 0.494 e. The maximum atomic E-state index is 12.2. The van der Waals surface area contributed by atoms with Crippen molar-refractivity contribution in [2.24, 2.45) is 0 Å². The van der Waals surface area contributed by atoms with Gasteiger partial charge in [0.05, 0.1) is 13.2 Å². The van der Waals surface area contributed by atoms with Crippen molar-refractivity contribution in [2.45, 2.75) is 26.5 Å². The van der Waals surface area contributed by atoms with E-state index in [1.807, 2.05) is 6.92 Å². The number of furan rings is 1. The van der Waals surface area contributed by atoms with Crippen molar-refractivity contribution < 1.29 is 23.5 Å². The molecule has 3 rings (SSSR count). The van der Waals surface area contributed by atoms with Crippen molar-refractivity contribution in [3.05, 3.63) is 82.7 Å². The molecule has 0 spiro atoms. The molecule has 3 aromatic rings. The molecule has 1 aromatic carbocycles. The molecule has 0 aliphatic heterocycles. The van der Waals surface area contributed by atoms with Gasteiger partial charge in [-0.15, -0.1) is 0 Å². The molecular weight excluding hydrogens is 402 g/mol. The molecule has 31 heavy (non-hydrogen) atoms. The average Bonchev–Trinajstić information content (AvgIpc) is 3.23. The zero-order valence-corrected chi connectivity index (χ0v) is 17.2. The number of aromatic nitrogens is 1. The first kappa shape index (κ1) is 21.7. The van der Waals surface area contributed by atoms with Crippen LogP contribution in [0.25, 0.3) is 0 Å². The van der Waals surface area contributed by atoms with E-state index in [1.165, 1.54) is 16.7 Å². The standard InChI is InChI=1S/C22H23N3O6/c1-3-29-16-7-9-17(10-8-16)30-15(2)21(27)23-24-22(28)19-12-11-18(31-19)14-25-13-5-4-6-20(25)26/h4-13,15H,3,14H2,1-2H3,(H,23,27)(H,24,28). The molecule has 0 saturated carbocycles. The Hall–Kier alpha value is -4.01. The fourth-order valence-corrected chi connectivity index (χ4v) is 2.66. The van der Waals surface area contributed by atoms with E-state index in [2.05, 4.69) is 10.9 Å². The lowest BCUT2D eigenvalue weighted by molar-refractivity contribution is -0.128. The maximum absolute atomic E-state index is 12.2. The second-order valence-electron chi connectivity index (χ2n) is 6.54. The van der Waals surface area contributed by atoms with Crippen LogP contribution < -0.4 is 25.9 Å². The van der Waals surface area contributed by atoms with Crippen molar-refractivity contribution in [3.63, 3.8) is 0 Å². The summed E-state index contributed by atoms with van der Waals surface area (Å²) in [6.07, 6.45) is 0.770. The summed E-state index contributed by atoms with van der Waals surface area (Å²) in [5, 5.41) is 0. The Morgan fingerprint density at radius 3 is 2.48 bits per heavy atom. The number of hydrogen-bond donors (Lipinski definition) is 2. The number of carbonyl (C=O) groups excluding carboxylic acids is 2. The third-order valence-corrected chi connectivity index (χ3v) is 4.23. The Kier molecular flexibility index (Phi) is 7.10. The maximum Gasteiger partial charge on any atom is 0.305 e. The van der Waals surface area contributed by atoms with Gasteiger partial charge in [0.25, 0.3) is 11.5 Å². The van der Waals surface area contributed by atoms with Gasteiger partial charge in [-0.05, 0) is 56.3 Å². The second-order valence-corrected chi connectivity index (χ2v) is 6.54. The predicted molar refractivity (Wildman–Crippen MR) is 112 cm³/mol. The van der Waals surface area contributed by atoms with Gasteiger partial charge in [0.2, 0.25) is 0 Å². The smallest absolute Gasteiger partial charge is 0.305 e. The van der Waals surface area contributed by atoms with E-state index < -0.39 is 17.9 Å². The number of nitrogens with one attached hydrogen (secondary N) is 2. The first-order valence-corrected chi connectivity index (χ1v) is 9.70. The molecule has 0 aliphatic rings. The molecule has 0 radical (unpaired) electrons. The number of rotatable bonds is 8. The minimum atomic E-state index is -0.852. The molecule has 1 atom stereocenters. The normalized spacial score (nSPS) is 11.4. The van der Waals surface area contributed by atoms with Crippen molar-refractivity contribution in [1.29, 1.82) is 0 Å². The molecule has 2 amide bonds. The lowest BCUT2D eigenvalue weighted by atomic mass is 10.3. The molecule has 0 aliphatic carbocycles. The summed E-state index contributed by atoms with van der Waals surface area (Å²) < 4.78 is 17.8. The van der Waals surface area contributed by atoms with Gasteiger partial charge in [-0.25, -0.2) is 0 Å². The highest BCUT2D eigenvalue weighted by atomic mass is 16.5. The van der Waals surface area contributed by atoms with Crippen LogP contribution in [0, 0.1) is 0 Å². The van der Waals surface area contributed by atoms with Crippen LogP contribution in [0.4, 0.5) is 0 Å². The number of nitrogens with zero attached hydrogens (tertiary/aromatic N) is 1. The summed E-state index contributed by atoms with van der Waals surface area (Å²) in [5.74, 6) is 0.452. The second kappa shape index (κ2) is 10.1. The number of amides is 2. The van der Waals surface area contributed by atoms with Gasteiger partial charge in [0.1, 0.15) is 17.3 Å². The highest BCUT2D eigenvalue weighted by Crippen LogP contribution is 2.18. The van der Waals surface area contributed by atoms with Crippen LogP contribution in [-0.4, -0.2) is 29.1 Å². The van der Waals surface area contributed by atoms with E-state index in [9.17, 15) is 14.4 Å². The van der Waals surface area contributed by atoms with Crippen LogP contribution in [0.3, 0.4) is 0 Å². The summed E-state index contributed by atoms with van der Waals surface area (Å²) in [6.45, 7) is 4.19. The van der Waals surface area contributed by atoms with E-state index in [1.54, 1.807) is 55.6 Å². The summed E-state index contributed by atoms with van der Waals surface area (Å²) in [5.41, 5.74) is 4.39. The zero-order valence-electron chi connectivity index (χ0n) is 17.2. The molecule has 162 valence electrons. The van der Waals surface area contributed by atoms with Crippen LogP contribution in [-0.2, 0) is 11.3 Å². The third kappa shape index (κ3) is 5.99. The van der Waals surface area contributed by atoms with E-state index >= 15 is 0 Å². The lowest BCUT2D eigenvalue weighted by Crippen LogP contribution is -2.47. The molecule has 0 fully saturated rings. The van der Waals surface area contributed by atoms with E-state index in [0.717, 1.165) is 0 Å². The van der Waals surface area contributed by atoms with Crippen LogP contribution >= 0.6 is 0 Å². The monoisotopic (exact) mass is 425 g/mol. The Morgan fingerprint density at radius 2 is 1.77 bits per heavy atom. The Bertz CT molecular complexity index is 1090. The van der Waals surface area contributed by atoms with Crippen molar-refractivity contribution in [2.75, 3.05) is 6.61 Å². The summed E-state index contributed by atoms with van der Waals surface area (Å²) in [4.78, 5) is 36.2. The Balaban J connectivity index is 1.49. The van der Waals surface area contributed by atoms with Crippen molar-refractivity contribution in [1.82, 2.24) is 15.4 Å². The highest BCUT2D eigenvalue weighted by molar-refractivity contribution is 5.93. The fraction of sp³-hybridized carbons (Fsp3) is 0.227. The molecule has 0 saturated heterocycles. The molecular formula is C22H23N3O6. The number of hydrazine groups is 1. The minimum absolute atomic E-state index is 0.000588. The van der Waals surface area contributed by atoms with Gasteiger partial charge in [0, 0.05) is 12.3 Å². The number of benzene rings is 1. The Labute approximate surface area is 178 Å². The average molecular weight is 425 g/mol. The van der Waals surface area contributed by atoms with Gasteiger partial charge < -0.3 is 18.5 Å². The molecule has 9 nitrogen and oxygen atoms in total. The third-order valence-electron chi connectivity index (χ3n) is 4.23.